The van der Waals surface area contributed by atoms with Crippen LogP contribution in [0, 0.1) is 5.92 Å². The molecule has 4 heteroatoms. The molecule has 2 aromatic rings. The van der Waals surface area contributed by atoms with E-state index in [1.165, 1.54) is 0 Å². The van der Waals surface area contributed by atoms with Crippen LogP contribution in [0.2, 0.25) is 0 Å². The number of nitrogens with zero attached hydrogens (tertiary/aromatic N) is 1. The van der Waals surface area contributed by atoms with E-state index in [4.69, 9.17) is 4.74 Å². The molecular formula is C13H15ClN2O. The first-order valence-corrected chi connectivity index (χ1v) is 5.60. The van der Waals surface area contributed by atoms with E-state index in [9.17, 15) is 0 Å². The van der Waals surface area contributed by atoms with Gasteiger partial charge in [0.05, 0.1) is 12.1 Å². The lowest BCUT2D eigenvalue weighted by Crippen LogP contribution is -2.45. The predicted octanol–water partition coefficient (Wildman–Crippen LogP) is 2.25. The number of rotatable bonds is 3. The van der Waals surface area contributed by atoms with Crippen LogP contribution in [0.5, 0.6) is 5.75 Å². The van der Waals surface area contributed by atoms with E-state index in [0.717, 1.165) is 36.3 Å². The number of benzene rings is 1. The lowest BCUT2D eigenvalue weighted by Gasteiger charge is -2.26. The quantitative estimate of drug-likeness (QED) is 0.907. The molecule has 3 rings (SSSR count). The first-order valence-electron chi connectivity index (χ1n) is 5.60. The van der Waals surface area contributed by atoms with Gasteiger partial charge in [-0.05, 0) is 24.3 Å². The zero-order valence-corrected chi connectivity index (χ0v) is 10.2. The molecular weight excluding hydrogens is 236 g/mol. The molecule has 0 bridgehead atoms. The van der Waals surface area contributed by atoms with Crippen molar-refractivity contribution in [2.45, 2.75) is 0 Å². The third kappa shape index (κ3) is 2.68. The molecule has 0 saturated carbocycles. The molecule has 0 amide bonds. The van der Waals surface area contributed by atoms with Gasteiger partial charge in [0.2, 0.25) is 0 Å². The number of pyridine rings is 1. The van der Waals surface area contributed by atoms with Gasteiger partial charge in [0.1, 0.15) is 5.75 Å². The zero-order valence-electron chi connectivity index (χ0n) is 9.43. The third-order valence-electron chi connectivity index (χ3n) is 2.93. The first kappa shape index (κ1) is 12.1. The maximum Gasteiger partial charge on any atom is 0.120 e. The SMILES string of the molecule is Cl.c1cnc2ccc(OCC3CNC3)cc2c1. The second-order valence-electron chi connectivity index (χ2n) is 4.19. The minimum Gasteiger partial charge on any atom is -0.493 e. The third-order valence-corrected chi connectivity index (χ3v) is 2.93. The van der Waals surface area contributed by atoms with Gasteiger partial charge in [-0.1, -0.05) is 6.07 Å². The van der Waals surface area contributed by atoms with E-state index in [2.05, 4.69) is 22.4 Å². The van der Waals surface area contributed by atoms with Gasteiger partial charge < -0.3 is 10.1 Å². The molecule has 1 aromatic carbocycles. The summed E-state index contributed by atoms with van der Waals surface area (Å²) in [5.41, 5.74) is 1.01. The van der Waals surface area contributed by atoms with Crippen molar-refractivity contribution >= 4 is 23.3 Å². The highest BCUT2D eigenvalue weighted by atomic mass is 35.5. The monoisotopic (exact) mass is 250 g/mol. The highest BCUT2D eigenvalue weighted by Gasteiger charge is 2.16. The van der Waals surface area contributed by atoms with Crippen LogP contribution in [0.15, 0.2) is 36.5 Å². The number of nitrogens with one attached hydrogen (secondary N) is 1. The van der Waals surface area contributed by atoms with Crippen LogP contribution >= 0.6 is 12.4 Å². The van der Waals surface area contributed by atoms with Crippen molar-refractivity contribution in [3.63, 3.8) is 0 Å². The molecule has 1 aliphatic rings. The van der Waals surface area contributed by atoms with Gasteiger partial charge in [0.25, 0.3) is 0 Å². The smallest absolute Gasteiger partial charge is 0.120 e. The van der Waals surface area contributed by atoms with Gasteiger partial charge >= 0.3 is 0 Å². The molecule has 1 N–H and O–H groups in total. The fourth-order valence-electron chi connectivity index (χ4n) is 1.82. The number of ether oxygens (including phenoxy) is 1. The minimum absolute atomic E-state index is 0. The Morgan fingerprint density at radius 3 is 2.94 bits per heavy atom. The van der Waals surface area contributed by atoms with Gasteiger partial charge in [0, 0.05) is 30.6 Å². The largest absolute Gasteiger partial charge is 0.493 e. The Kier molecular flexibility index (Phi) is 3.82. The summed E-state index contributed by atoms with van der Waals surface area (Å²) in [5, 5.41) is 4.37. The lowest BCUT2D eigenvalue weighted by atomic mass is 10.1. The van der Waals surface area contributed by atoms with Crippen LogP contribution in [0.1, 0.15) is 0 Å². The maximum atomic E-state index is 5.75. The molecule has 90 valence electrons. The molecule has 3 nitrogen and oxygen atoms in total. The van der Waals surface area contributed by atoms with Gasteiger partial charge in [-0.15, -0.1) is 12.4 Å². The van der Waals surface area contributed by atoms with E-state index in [-0.39, 0.29) is 12.4 Å². The molecule has 0 unspecified atom stereocenters. The zero-order chi connectivity index (χ0) is 10.8. The highest BCUT2D eigenvalue weighted by Crippen LogP contribution is 2.19. The Balaban J connectivity index is 0.00000108. The molecule has 1 aliphatic heterocycles. The van der Waals surface area contributed by atoms with Gasteiger partial charge in [-0.2, -0.15) is 0 Å². The molecule has 1 saturated heterocycles. The summed E-state index contributed by atoms with van der Waals surface area (Å²) in [6, 6.07) is 10.0. The van der Waals surface area contributed by atoms with Gasteiger partial charge in [0.15, 0.2) is 0 Å². The van der Waals surface area contributed by atoms with E-state index in [0.29, 0.717) is 5.92 Å². The Bertz CT molecular complexity index is 499. The van der Waals surface area contributed by atoms with Crippen molar-refractivity contribution in [1.82, 2.24) is 10.3 Å². The molecule has 17 heavy (non-hydrogen) atoms. The van der Waals surface area contributed by atoms with Crippen molar-refractivity contribution in [2.75, 3.05) is 19.7 Å². The average Bonchev–Trinajstić information content (AvgIpc) is 2.27. The van der Waals surface area contributed by atoms with Gasteiger partial charge in [-0.3, -0.25) is 4.98 Å². The first-order chi connectivity index (χ1) is 7.92. The molecule has 0 atom stereocenters. The van der Waals surface area contributed by atoms with E-state index in [1.54, 1.807) is 0 Å². The van der Waals surface area contributed by atoms with E-state index < -0.39 is 0 Å². The summed E-state index contributed by atoms with van der Waals surface area (Å²) in [6.07, 6.45) is 1.81. The molecule has 2 heterocycles. The molecule has 1 aromatic heterocycles. The fraction of sp³-hybridized carbons (Fsp3) is 0.308. The van der Waals surface area contributed by atoms with Crippen LogP contribution in [-0.4, -0.2) is 24.7 Å². The van der Waals surface area contributed by atoms with Crippen LogP contribution in [0.3, 0.4) is 0 Å². The number of aromatic nitrogens is 1. The Labute approximate surface area is 107 Å². The molecule has 0 aliphatic carbocycles. The average molecular weight is 251 g/mol. The molecule has 0 spiro atoms. The number of hydrogen-bond acceptors (Lipinski definition) is 3. The summed E-state index contributed by atoms with van der Waals surface area (Å²) >= 11 is 0. The second-order valence-corrected chi connectivity index (χ2v) is 4.19. The standard InChI is InChI=1S/C13H14N2O.ClH/c1-2-11-6-12(3-4-13(11)15-5-1)16-9-10-7-14-8-10;/h1-6,10,14H,7-9H2;1H. The number of hydrogen-bond donors (Lipinski definition) is 1. The Morgan fingerprint density at radius 2 is 2.18 bits per heavy atom. The van der Waals surface area contributed by atoms with Crippen molar-refractivity contribution in [1.29, 1.82) is 0 Å². The Hall–Kier alpha value is -1.32. The predicted molar refractivity (Wildman–Crippen MR) is 70.8 cm³/mol. The van der Waals surface area contributed by atoms with E-state index in [1.807, 2.05) is 24.4 Å². The molecule has 0 radical (unpaired) electrons. The summed E-state index contributed by atoms with van der Waals surface area (Å²) in [7, 11) is 0. The fourth-order valence-corrected chi connectivity index (χ4v) is 1.82. The highest BCUT2D eigenvalue weighted by molar-refractivity contribution is 5.85. The van der Waals surface area contributed by atoms with Crippen LogP contribution < -0.4 is 10.1 Å². The second kappa shape index (κ2) is 5.34. The normalized spacial score (nSPS) is 15.1. The van der Waals surface area contributed by atoms with E-state index >= 15 is 0 Å². The van der Waals surface area contributed by atoms with Crippen molar-refractivity contribution in [3.05, 3.63) is 36.5 Å². The summed E-state index contributed by atoms with van der Waals surface area (Å²) in [4.78, 5) is 4.28. The maximum absolute atomic E-state index is 5.75. The van der Waals surface area contributed by atoms with Crippen molar-refractivity contribution in [2.24, 2.45) is 5.92 Å². The van der Waals surface area contributed by atoms with Gasteiger partial charge in [-0.25, -0.2) is 0 Å². The number of fused-ring (bicyclic) bond motifs is 1. The van der Waals surface area contributed by atoms with Crippen molar-refractivity contribution in [3.8, 4) is 5.75 Å². The minimum atomic E-state index is 0. The van der Waals surface area contributed by atoms with Crippen LogP contribution in [-0.2, 0) is 0 Å². The summed E-state index contributed by atoms with van der Waals surface area (Å²) in [6.45, 7) is 2.96. The van der Waals surface area contributed by atoms with Crippen molar-refractivity contribution < 1.29 is 4.74 Å². The number of halogens is 1. The topological polar surface area (TPSA) is 34.1 Å². The lowest BCUT2D eigenvalue weighted by molar-refractivity contribution is 0.199. The summed E-state index contributed by atoms with van der Waals surface area (Å²) < 4.78 is 5.75. The molecule has 1 fully saturated rings. The van der Waals surface area contributed by atoms with Crippen LogP contribution in [0.25, 0.3) is 10.9 Å². The summed E-state index contributed by atoms with van der Waals surface area (Å²) in [5.74, 6) is 1.61. The Morgan fingerprint density at radius 1 is 1.29 bits per heavy atom. The van der Waals surface area contributed by atoms with Crippen LogP contribution in [0.4, 0.5) is 0 Å².